The molecular weight excluding hydrogens is 374 g/mol. The Morgan fingerprint density at radius 2 is 1.21 bits per heavy atom. The average molecular weight is 409 g/mol. The van der Waals surface area contributed by atoms with Crippen LogP contribution in [0.25, 0.3) is 0 Å². The topological polar surface area (TPSA) is 10.9 Å². The summed E-state index contributed by atoms with van der Waals surface area (Å²) in [4.78, 5) is 6.36. The molecule has 1 N–H and O–H groups in total. The third-order valence-corrected chi connectivity index (χ3v) is 7.12. The van der Waals surface area contributed by atoms with Gasteiger partial charge in [-0.2, -0.15) is 0 Å². The van der Waals surface area contributed by atoms with Crippen LogP contribution in [0.4, 0.5) is 11.4 Å². The molecule has 1 aliphatic carbocycles. The normalized spacial score (nSPS) is 19.0. The smallest absolute Gasteiger partial charge is 0.189 e. The average Bonchev–Trinajstić information content (AvgIpc) is 2.80. The highest BCUT2D eigenvalue weighted by Gasteiger charge is 2.36. The summed E-state index contributed by atoms with van der Waals surface area (Å²) in [6, 6.07) is 18.7. The molecule has 0 unspecified atom stereocenters. The molecule has 2 aromatic carbocycles. The highest BCUT2D eigenvalue weighted by atomic mass is 32.1. The van der Waals surface area contributed by atoms with Crippen LogP contribution in [-0.4, -0.2) is 24.5 Å². The Kier molecular flexibility index (Phi) is 6.51. The van der Waals surface area contributed by atoms with Gasteiger partial charge in [-0.15, -0.1) is 0 Å². The van der Waals surface area contributed by atoms with E-state index in [0.717, 1.165) is 37.3 Å². The second-order valence-corrected chi connectivity index (χ2v) is 8.85. The Morgan fingerprint density at radius 1 is 0.759 bits per heavy atom. The zero-order valence-corrected chi connectivity index (χ0v) is 18.7. The Balaban J connectivity index is 1.64. The number of anilines is 2. The zero-order chi connectivity index (χ0) is 20.2. The van der Waals surface area contributed by atoms with E-state index in [1.807, 2.05) is 0 Å². The molecule has 0 radical (unpaired) electrons. The van der Waals surface area contributed by atoms with Gasteiger partial charge in [0, 0.05) is 11.4 Å². The van der Waals surface area contributed by atoms with Crippen molar-refractivity contribution in [3.8, 4) is 0 Å². The maximum absolute atomic E-state index is 6.03. The van der Waals surface area contributed by atoms with Gasteiger partial charge in [0.2, 0.25) is 0 Å². The van der Waals surface area contributed by atoms with Crippen molar-refractivity contribution in [1.29, 1.82) is 0 Å². The fraction of sp³-hybridized carbons (Fsp3) is 0.480. The highest BCUT2D eigenvalue weighted by Crippen LogP contribution is 2.24. The molecule has 1 aliphatic heterocycles. The number of hydrogen-bond acceptors (Lipinski definition) is 1. The van der Waals surface area contributed by atoms with E-state index in [1.54, 1.807) is 4.90 Å². The van der Waals surface area contributed by atoms with E-state index in [1.165, 1.54) is 54.6 Å². The minimum absolute atomic E-state index is 0.738. The first-order valence-electron chi connectivity index (χ1n) is 11.3. The molecular formula is C25H34N3S+. The molecule has 0 spiro atoms. The molecule has 1 heterocycles. The lowest BCUT2D eigenvalue weighted by Gasteiger charge is -2.45. The summed E-state index contributed by atoms with van der Waals surface area (Å²) >= 11 is 6.03. The van der Waals surface area contributed by atoms with Crippen LogP contribution in [0.2, 0.25) is 0 Å². The van der Waals surface area contributed by atoms with Gasteiger partial charge in [0.15, 0.2) is 18.4 Å². The molecule has 4 heteroatoms. The standard InChI is InChI=1S/C25H33N3S/c1-3-20-10-14-23(15-11-20)27-18-26(22-8-6-5-7-9-22)19-28(25(27)29)24-16-12-21(4-2)13-17-24/h10-17,22H,3-9,18-19H2,1-2H3/p+1. The summed E-state index contributed by atoms with van der Waals surface area (Å²) in [6.07, 6.45) is 8.96. The second-order valence-electron chi connectivity index (χ2n) is 8.49. The molecule has 1 saturated heterocycles. The number of hydrogen-bond donors (Lipinski definition) is 1. The Bertz CT molecular complexity index is 749. The van der Waals surface area contributed by atoms with Crippen LogP contribution in [0.5, 0.6) is 0 Å². The molecule has 2 fully saturated rings. The fourth-order valence-corrected chi connectivity index (χ4v) is 5.07. The molecule has 2 aliphatic rings. The third kappa shape index (κ3) is 4.49. The molecule has 0 amide bonds. The van der Waals surface area contributed by atoms with E-state index in [0.29, 0.717) is 0 Å². The lowest BCUT2D eigenvalue weighted by molar-refractivity contribution is -0.926. The predicted molar refractivity (Wildman–Crippen MR) is 127 cm³/mol. The van der Waals surface area contributed by atoms with E-state index in [4.69, 9.17) is 12.2 Å². The summed E-state index contributed by atoms with van der Waals surface area (Å²) in [5.41, 5.74) is 5.19. The SMILES string of the molecule is CCc1ccc(N2C[NH+](C3CCCCC3)CN(c3ccc(CC)cc3)C2=S)cc1. The molecule has 1 saturated carbocycles. The van der Waals surface area contributed by atoms with E-state index >= 15 is 0 Å². The van der Waals surface area contributed by atoms with Gasteiger partial charge in [-0.05, 0) is 86.1 Å². The summed E-state index contributed by atoms with van der Waals surface area (Å²) < 4.78 is 0. The Morgan fingerprint density at radius 3 is 1.62 bits per heavy atom. The molecule has 29 heavy (non-hydrogen) atoms. The summed E-state index contributed by atoms with van der Waals surface area (Å²) in [7, 11) is 0. The summed E-state index contributed by atoms with van der Waals surface area (Å²) in [5, 5.41) is 0.929. The van der Waals surface area contributed by atoms with Crippen LogP contribution in [0.15, 0.2) is 48.5 Å². The minimum atomic E-state index is 0.738. The van der Waals surface area contributed by atoms with E-state index in [-0.39, 0.29) is 0 Å². The lowest BCUT2D eigenvalue weighted by Crippen LogP contribution is -3.20. The molecule has 0 bridgehead atoms. The van der Waals surface area contributed by atoms with Gasteiger partial charge < -0.3 is 0 Å². The van der Waals surface area contributed by atoms with Crippen LogP contribution in [-0.2, 0) is 12.8 Å². The van der Waals surface area contributed by atoms with Gasteiger partial charge >= 0.3 is 0 Å². The van der Waals surface area contributed by atoms with Crippen molar-refractivity contribution in [2.24, 2.45) is 0 Å². The largest absolute Gasteiger partial charge is 0.298 e. The monoisotopic (exact) mass is 408 g/mol. The first kappa shape index (κ1) is 20.4. The molecule has 0 aromatic heterocycles. The van der Waals surface area contributed by atoms with Gasteiger partial charge in [0.25, 0.3) is 0 Å². The van der Waals surface area contributed by atoms with Crippen LogP contribution in [0.1, 0.15) is 57.1 Å². The van der Waals surface area contributed by atoms with Gasteiger partial charge in [0.1, 0.15) is 0 Å². The van der Waals surface area contributed by atoms with Crippen molar-refractivity contribution in [1.82, 2.24) is 0 Å². The molecule has 0 atom stereocenters. The van der Waals surface area contributed by atoms with Gasteiger partial charge in [-0.3, -0.25) is 14.7 Å². The number of benzene rings is 2. The highest BCUT2D eigenvalue weighted by molar-refractivity contribution is 7.80. The number of quaternary nitrogens is 1. The third-order valence-electron chi connectivity index (χ3n) is 6.68. The molecule has 154 valence electrons. The maximum Gasteiger partial charge on any atom is 0.189 e. The van der Waals surface area contributed by atoms with E-state index in [9.17, 15) is 0 Å². The zero-order valence-electron chi connectivity index (χ0n) is 17.9. The minimum Gasteiger partial charge on any atom is -0.298 e. The van der Waals surface area contributed by atoms with Gasteiger partial charge in [0.05, 0.1) is 6.04 Å². The van der Waals surface area contributed by atoms with E-state index in [2.05, 4.69) is 72.2 Å². The number of nitrogens with one attached hydrogen (secondary N) is 1. The number of thiocarbonyl (C=S) groups is 1. The summed E-state index contributed by atoms with van der Waals surface area (Å²) in [6.45, 7) is 6.35. The molecule has 4 rings (SSSR count). The van der Waals surface area contributed by atoms with Crippen molar-refractivity contribution < 1.29 is 4.90 Å². The quantitative estimate of drug-likeness (QED) is 0.728. The fourth-order valence-electron chi connectivity index (χ4n) is 4.73. The van der Waals surface area contributed by atoms with Crippen molar-refractivity contribution >= 4 is 28.7 Å². The first-order valence-corrected chi connectivity index (χ1v) is 11.7. The Labute approximate surface area is 181 Å². The molecule has 3 nitrogen and oxygen atoms in total. The van der Waals surface area contributed by atoms with Crippen LogP contribution in [0, 0.1) is 0 Å². The number of aryl methyl sites for hydroxylation is 2. The second kappa shape index (κ2) is 9.27. The lowest BCUT2D eigenvalue weighted by atomic mass is 9.94. The number of rotatable bonds is 5. The van der Waals surface area contributed by atoms with Crippen molar-refractivity contribution in [2.45, 2.75) is 64.8 Å². The molecule has 2 aromatic rings. The van der Waals surface area contributed by atoms with Crippen molar-refractivity contribution in [3.63, 3.8) is 0 Å². The number of nitrogens with zero attached hydrogens (tertiary/aromatic N) is 2. The summed E-state index contributed by atoms with van der Waals surface area (Å²) in [5.74, 6) is 0. The van der Waals surface area contributed by atoms with Gasteiger partial charge in [-0.1, -0.05) is 44.5 Å². The van der Waals surface area contributed by atoms with Crippen molar-refractivity contribution in [3.05, 3.63) is 59.7 Å². The maximum atomic E-state index is 6.03. The van der Waals surface area contributed by atoms with Crippen LogP contribution < -0.4 is 14.7 Å². The van der Waals surface area contributed by atoms with Crippen LogP contribution >= 0.6 is 12.2 Å². The van der Waals surface area contributed by atoms with E-state index < -0.39 is 0 Å². The Hall–Kier alpha value is -1.91. The first-order chi connectivity index (χ1) is 14.2. The van der Waals surface area contributed by atoms with Crippen LogP contribution in [0.3, 0.4) is 0 Å². The predicted octanol–water partition coefficient (Wildman–Crippen LogP) is 4.56. The van der Waals surface area contributed by atoms with Gasteiger partial charge in [-0.25, -0.2) is 0 Å². The van der Waals surface area contributed by atoms with Crippen molar-refractivity contribution in [2.75, 3.05) is 23.1 Å².